The molecule has 0 aliphatic rings. The van der Waals surface area contributed by atoms with Gasteiger partial charge < -0.3 is 23.7 Å². The van der Waals surface area contributed by atoms with E-state index in [1.54, 1.807) is 12.1 Å². The van der Waals surface area contributed by atoms with Gasteiger partial charge in [0.05, 0.1) is 33.5 Å². The van der Waals surface area contributed by atoms with Crippen molar-refractivity contribution in [1.29, 1.82) is 0 Å². The maximum Gasteiger partial charge on any atom is 0.347 e. The van der Waals surface area contributed by atoms with E-state index < -0.39 is 30.0 Å². The number of rotatable bonds is 24. The molecule has 0 aliphatic heterocycles. The molecule has 4 rings (SSSR count). The highest BCUT2D eigenvalue weighted by atomic mass is 127. The summed E-state index contributed by atoms with van der Waals surface area (Å²) in [6.45, 7) is 6.81. The fourth-order valence-electron chi connectivity index (χ4n) is 5.94. The highest BCUT2D eigenvalue weighted by molar-refractivity contribution is 14.1. The first-order valence-electron chi connectivity index (χ1n) is 20.2. The highest BCUT2D eigenvalue weighted by Crippen LogP contribution is 2.29. The summed E-state index contributed by atoms with van der Waals surface area (Å²) in [4.78, 5) is 50.4. The van der Waals surface area contributed by atoms with Crippen molar-refractivity contribution < 1.29 is 42.9 Å². The van der Waals surface area contributed by atoms with Crippen molar-refractivity contribution in [2.75, 3.05) is 13.2 Å². The summed E-state index contributed by atoms with van der Waals surface area (Å²) >= 11 is 2.30. The first-order chi connectivity index (χ1) is 27.7. The number of carbonyl (C=O) groups is 4. The topological polar surface area (TPSA) is 114 Å². The van der Waals surface area contributed by atoms with Crippen molar-refractivity contribution in [2.24, 2.45) is 0 Å². The van der Waals surface area contributed by atoms with Crippen molar-refractivity contribution in [2.45, 2.75) is 110 Å². The average Bonchev–Trinajstić information content (AvgIpc) is 3.22. The minimum Gasteiger partial charge on any atom is -0.492 e. The van der Waals surface area contributed by atoms with Crippen LogP contribution < -0.4 is 14.2 Å². The summed E-state index contributed by atoms with van der Waals surface area (Å²) in [5.41, 5.74) is 2.79. The number of esters is 4. The molecule has 0 spiro atoms. The molecule has 0 radical (unpaired) electrons. The van der Waals surface area contributed by atoms with Gasteiger partial charge >= 0.3 is 23.9 Å². The van der Waals surface area contributed by atoms with Crippen LogP contribution in [0.1, 0.15) is 135 Å². The van der Waals surface area contributed by atoms with Gasteiger partial charge in [-0.15, -0.1) is 0 Å². The summed E-state index contributed by atoms with van der Waals surface area (Å²) in [6.07, 6.45) is 14.3. The molecule has 1 unspecified atom stereocenters. The molecule has 4 aromatic carbocycles. The van der Waals surface area contributed by atoms with Crippen molar-refractivity contribution in [3.63, 3.8) is 0 Å². The fraction of sp³-hybridized carbons (Fsp3) is 0.404. The van der Waals surface area contributed by atoms with Crippen LogP contribution in [0.3, 0.4) is 0 Å². The van der Waals surface area contributed by atoms with Crippen LogP contribution >= 0.6 is 22.6 Å². The van der Waals surface area contributed by atoms with Gasteiger partial charge in [-0.1, -0.05) is 103 Å². The van der Waals surface area contributed by atoms with Gasteiger partial charge in [-0.25, -0.2) is 19.2 Å². The Hall–Kier alpha value is -4.71. The zero-order valence-corrected chi connectivity index (χ0v) is 35.6. The highest BCUT2D eigenvalue weighted by Gasteiger charge is 2.21. The van der Waals surface area contributed by atoms with E-state index in [4.69, 9.17) is 23.7 Å². The Morgan fingerprint density at radius 3 is 1.49 bits per heavy atom. The van der Waals surface area contributed by atoms with Crippen LogP contribution in [-0.4, -0.2) is 43.2 Å². The van der Waals surface area contributed by atoms with Gasteiger partial charge in [0.15, 0.2) is 6.10 Å². The molecule has 9 nitrogen and oxygen atoms in total. The Morgan fingerprint density at radius 2 is 0.965 bits per heavy atom. The van der Waals surface area contributed by atoms with Crippen LogP contribution in [-0.2, 0) is 14.3 Å². The van der Waals surface area contributed by atoms with Crippen LogP contribution in [0.15, 0.2) is 91.0 Å². The third-order valence-corrected chi connectivity index (χ3v) is 10.2. The van der Waals surface area contributed by atoms with Crippen LogP contribution in [0.5, 0.6) is 17.2 Å². The van der Waals surface area contributed by atoms with Gasteiger partial charge in [0.25, 0.3) is 0 Å². The van der Waals surface area contributed by atoms with Gasteiger partial charge in [-0.05, 0) is 126 Å². The van der Waals surface area contributed by atoms with E-state index in [0.29, 0.717) is 12.2 Å². The van der Waals surface area contributed by atoms with E-state index >= 15 is 0 Å². The van der Waals surface area contributed by atoms with E-state index in [0.717, 1.165) is 52.6 Å². The second-order valence-electron chi connectivity index (χ2n) is 14.0. The van der Waals surface area contributed by atoms with Crippen molar-refractivity contribution >= 4 is 46.5 Å². The molecule has 57 heavy (non-hydrogen) atoms. The molecule has 1 atom stereocenters. The van der Waals surface area contributed by atoms with Gasteiger partial charge in [-0.3, -0.25) is 0 Å². The van der Waals surface area contributed by atoms with Gasteiger partial charge in [0.1, 0.15) is 17.2 Å². The summed E-state index contributed by atoms with van der Waals surface area (Å²) in [5.74, 6) is -1.11. The predicted octanol–water partition coefficient (Wildman–Crippen LogP) is 12.0. The first kappa shape index (κ1) is 45.0. The molecule has 0 N–H and O–H groups in total. The van der Waals surface area contributed by atoms with Crippen LogP contribution in [0.25, 0.3) is 11.1 Å². The molecule has 0 saturated carbocycles. The molecule has 0 fully saturated rings. The summed E-state index contributed by atoms with van der Waals surface area (Å²) in [6, 6.07) is 25.1. The van der Waals surface area contributed by atoms with Crippen molar-refractivity contribution in [3.8, 4) is 28.4 Å². The van der Waals surface area contributed by atoms with E-state index in [1.807, 2.05) is 24.3 Å². The number of benzene rings is 4. The minimum atomic E-state index is -1.05. The van der Waals surface area contributed by atoms with Crippen molar-refractivity contribution in [1.82, 2.24) is 0 Å². The molecule has 304 valence electrons. The zero-order valence-electron chi connectivity index (χ0n) is 33.4. The molecule has 0 amide bonds. The fourth-order valence-corrected chi connectivity index (χ4v) is 6.61. The number of halogens is 1. The Morgan fingerprint density at radius 1 is 0.526 bits per heavy atom. The molecule has 0 saturated heterocycles. The molecule has 4 aromatic rings. The summed E-state index contributed by atoms with van der Waals surface area (Å²) < 4.78 is 28.5. The monoisotopic (exact) mass is 890 g/mol. The van der Waals surface area contributed by atoms with E-state index in [-0.39, 0.29) is 29.2 Å². The maximum atomic E-state index is 12.9. The first-order valence-corrected chi connectivity index (χ1v) is 21.3. The quantitative estimate of drug-likeness (QED) is 0.0293. The molecular weight excluding hydrogens is 835 g/mol. The van der Waals surface area contributed by atoms with E-state index in [1.165, 1.54) is 107 Å². The predicted molar refractivity (Wildman–Crippen MR) is 230 cm³/mol. The second-order valence-corrected chi connectivity index (χ2v) is 15.2. The van der Waals surface area contributed by atoms with Crippen LogP contribution in [0, 0.1) is 3.57 Å². The average molecular weight is 891 g/mol. The van der Waals surface area contributed by atoms with Crippen molar-refractivity contribution in [3.05, 3.63) is 111 Å². The number of hydrogen-bond acceptors (Lipinski definition) is 9. The van der Waals surface area contributed by atoms with Crippen LogP contribution in [0.2, 0.25) is 0 Å². The third-order valence-electron chi connectivity index (χ3n) is 9.35. The normalized spacial score (nSPS) is 11.4. The molecular formula is C47H55IO9. The second kappa shape index (κ2) is 24.8. The van der Waals surface area contributed by atoms with Gasteiger partial charge in [0.2, 0.25) is 0 Å². The number of carbonyl (C=O) groups excluding carboxylic acids is 4. The summed E-state index contributed by atoms with van der Waals surface area (Å²) in [5, 5.41) is 0. The minimum absolute atomic E-state index is 0.187. The molecule has 0 bridgehead atoms. The number of unbranched alkanes of at least 4 members (excludes halogenated alkanes) is 11. The molecule has 0 aromatic heterocycles. The smallest absolute Gasteiger partial charge is 0.347 e. The Labute approximate surface area is 350 Å². The van der Waals surface area contributed by atoms with Crippen LogP contribution in [0.4, 0.5) is 0 Å². The lowest BCUT2D eigenvalue weighted by Gasteiger charge is -2.13. The Balaban J connectivity index is 1.19. The SMILES string of the molecule is CCCCCCCCCCCOc1ccc(-c2ccc(C(=O)Oc3ccc(C(=O)Oc4ccc(C(=O)OC(C)C(=O)OCCCCCC)cc4)cc3)cc2)cc1I. The zero-order chi connectivity index (χ0) is 40.8. The lowest BCUT2D eigenvalue weighted by Crippen LogP contribution is -2.26. The standard InChI is InChI=1S/C47H55IO9/c1-4-6-8-10-11-12-13-14-16-31-53-43-30-25-39(33-42(43)48)35-17-19-36(20-18-35)46(51)56-41-28-23-38(24-29-41)47(52)57-40-26-21-37(22-27-40)45(50)55-34(3)44(49)54-32-15-9-7-5-2/h17-30,33-34H,4-16,31-32H2,1-3H3. The lowest BCUT2D eigenvalue weighted by molar-refractivity contribution is -0.153. The largest absolute Gasteiger partial charge is 0.492 e. The van der Waals surface area contributed by atoms with Gasteiger partial charge in [-0.2, -0.15) is 0 Å². The number of hydrogen-bond donors (Lipinski definition) is 0. The lowest BCUT2D eigenvalue weighted by atomic mass is 10.0. The van der Waals surface area contributed by atoms with E-state index in [2.05, 4.69) is 42.5 Å². The maximum absolute atomic E-state index is 12.9. The Bertz CT molecular complexity index is 1850. The third kappa shape index (κ3) is 15.6. The van der Waals surface area contributed by atoms with Gasteiger partial charge in [0, 0.05) is 0 Å². The summed E-state index contributed by atoms with van der Waals surface area (Å²) in [7, 11) is 0. The Kier molecular flexibility index (Phi) is 19.6. The number of ether oxygens (including phenoxy) is 5. The van der Waals surface area contributed by atoms with E-state index in [9.17, 15) is 19.2 Å². The molecule has 10 heteroatoms. The molecule has 0 heterocycles. The molecule has 0 aliphatic carbocycles.